The van der Waals surface area contributed by atoms with Crippen LogP contribution in [-0.2, 0) is 13.1 Å². The van der Waals surface area contributed by atoms with Crippen LogP contribution in [-0.4, -0.2) is 39.4 Å². The number of aryl methyl sites for hydroxylation is 1. The molecule has 4 heteroatoms. The van der Waals surface area contributed by atoms with Gasteiger partial charge in [0, 0.05) is 43.0 Å². The van der Waals surface area contributed by atoms with Gasteiger partial charge in [0.15, 0.2) is 0 Å². The molecule has 1 saturated heterocycles. The van der Waals surface area contributed by atoms with Crippen LogP contribution >= 0.6 is 0 Å². The van der Waals surface area contributed by atoms with Gasteiger partial charge in [0.25, 0.3) is 0 Å². The van der Waals surface area contributed by atoms with Crippen LogP contribution < -0.4 is 5.32 Å². The van der Waals surface area contributed by atoms with Crippen LogP contribution in [0.4, 0.5) is 0 Å². The highest BCUT2D eigenvalue weighted by Crippen LogP contribution is 2.23. The van der Waals surface area contributed by atoms with E-state index in [0.717, 1.165) is 26.2 Å². The lowest BCUT2D eigenvalue weighted by molar-refractivity contribution is 0.152. The number of rotatable bonds is 5. The fourth-order valence-electron chi connectivity index (χ4n) is 3.16. The van der Waals surface area contributed by atoms with Gasteiger partial charge in [0.2, 0.25) is 0 Å². The molecular formula is C16H30N4. The highest BCUT2D eigenvalue weighted by atomic mass is 15.3. The molecule has 0 aliphatic carbocycles. The zero-order chi connectivity index (χ0) is 14.6. The van der Waals surface area contributed by atoms with Crippen molar-refractivity contribution in [2.45, 2.75) is 71.6 Å². The molecule has 4 nitrogen and oxygen atoms in total. The Bertz CT molecular complexity index is 408. The normalized spacial score (nSPS) is 23.7. The number of nitrogens with zero attached hydrogens (tertiary/aromatic N) is 3. The summed E-state index contributed by atoms with van der Waals surface area (Å²) in [5, 5.41) is 8.19. The molecule has 0 spiro atoms. The molecule has 1 unspecified atom stereocenters. The standard InChI is InChI=1S/C16H30N4/c1-5-16(6-2)13-19(14(4)8-9-17-16)11-15-10-18-20(7-3)12-15/h10,12,14,17H,5-9,11,13H2,1-4H3. The molecule has 1 fully saturated rings. The number of aromatic nitrogens is 2. The highest BCUT2D eigenvalue weighted by Gasteiger charge is 2.32. The van der Waals surface area contributed by atoms with Gasteiger partial charge in [0.1, 0.15) is 0 Å². The molecule has 1 aliphatic heterocycles. The van der Waals surface area contributed by atoms with Gasteiger partial charge in [-0.1, -0.05) is 13.8 Å². The van der Waals surface area contributed by atoms with E-state index in [9.17, 15) is 0 Å². The van der Waals surface area contributed by atoms with Crippen LogP contribution in [0.15, 0.2) is 12.4 Å². The molecule has 0 amide bonds. The first-order valence-corrected chi connectivity index (χ1v) is 8.13. The second-order valence-electron chi connectivity index (χ2n) is 6.16. The van der Waals surface area contributed by atoms with Crippen LogP contribution in [0, 0.1) is 0 Å². The van der Waals surface area contributed by atoms with Crippen molar-refractivity contribution in [3.8, 4) is 0 Å². The molecule has 1 aromatic rings. The quantitative estimate of drug-likeness (QED) is 0.899. The third-order valence-corrected chi connectivity index (χ3v) is 4.94. The predicted molar refractivity (Wildman–Crippen MR) is 83.7 cm³/mol. The fraction of sp³-hybridized carbons (Fsp3) is 0.812. The van der Waals surface area contributed by atoms with Gasteiger partial charge in [-0.2, -0.15) is 5.10 Å². The van der Waals surface area contributed by atoms with E-state index in [-0.39, 0.29) is 5.54 Å². The van der Waals surface area contributed by atoms with Crippen molar-refractivity contribution in [2.24, 2.45) is 0 Å². The Morgan fingerprint density at radius 2 is 2.10 bits per heavy atom. The van der Waals surface area contributed by atoms with E-state index in [0.29, 0.717) is 6.04 Å². The maximum Gasteiger partial charge on any atom is 0.0534 e. The Labute approximate surface area is 123 Å². The number of nitrogens with one attached hydrogen (secondary N) is 1. The summed E-state index contributed by atoms with van der Waals surface area (Å²) < 4.78 is 2.02. The third kappa shape index (κ3) is 3.41. The van der Waals surface area contributed by atoms with E-state index < -0.39 is 0 Å². The van der Waals surface area contributed by atoms with Crippen molar-refractivity contribution in [1.82, 2.24) is 20.0 Å². The number of hydrogen-bond acceptors (Lipinski definition) is 3. The first-order chi connectivity index (χ1) is 9.62. The largest absolute Gasteiger partial charge is 0.310 e. The maximum atomic E-state index is 4.40. The van der Waals surface area contributed by atoms with Crippen LogP contribution in [0.1, 0.15) is 52.5 Å². The van der Waals surface area contributed by atoms with E-state index in [1.165, 1.54) is 24.8 Å². The van der Waals surface area contributed by atoms with Crippen molar-refractivity contribution in [3.05, 3.63) is 18.0 Å². The van der Waals surface area contributed by atoms with Crippen molar-refractivity contribution in [2.75, 3.05) is 13.1 Å². The number of hydrogen-bond donors (Lipinski definition) is 1. The summed E-state index contributed by atoms with van der Waals surface area (Å²) in [7, 11) is 0. The lowest BCUT2D eigenvalue weighted by Gasteiger charge is -2.37. The summed E-state index contributed by atoms with van der Waals surface area (Å²) in [6.45, 7) is 13.3. The van der Waals surface area contributed by atoms with Crippen LogP contribution in [0.2, 0.25) is 0 Å². The molecule has 114 valence electrons. The van der Waals surface area contributed by atoms with E-state index in [1.54, 1.807) is 0 Å². The molecule has 1 aliphatic rings. The van der Waals surface area contributed by atoms with Gasteiger partial charge < -0.3 is 5.32 Å². The molecule has 0 saturated carbocycles. The summed E-state index contributed by atoms with van der Waals surface area (Å²) in [4.78, 5) is 2.63. The molecule has 1 aromatic heterocycles. The molecule has 1 atom stereocenters. The minimum absolute atomic E-state index is 0.283. The zero-order valence-electron chi connectivity index (χ0n) is 13.5. The molecule has 2 heterocycles. The molecule has 2 rings (SSSR count). The Kier molecular flexibility index (Phi) is 5.22. The smallest absolute Gasteiger partial charge is 0.0534 e. The summed E-state index contributed by atoms with van der Waals surface area (Å²) in [5.74, 6) is 0. The first-order valence-electron chi connectivity index (χ1n) is 8.13. The molecule has 0 radical (unpaired) electrons. The van der Waals surface area contributed by atoms with Crippen LogP contribution in [0.25, 0.3) is 0 Å². The van der Waals surface area contributed by atoms with Gasteiger partial charge in [-0.05, 0) is 39.7 Å². The van der Waals surface area contributed by atoms with Gasteiger partial charge >= 0.3 is 0 Å². The van der Waals surface area contributed by atoms with E-state index in [4.69, 9.17) is 0 Å². The average molecular weight is 278 g/mol. The molecule has 20 heavy (non-hydrogen) atoms. The second kappa shape index (κ2) is 6.72. The molecule has 1 N–H and O–H groups in total. The molecule has 0 aromatic carbocycles. The Balaban J connectivity index is 2.10. The Morgan fingerprint density at radius 1 is 1.35 bits per heavy atom. The second-order valence-corrected chi connectivity index (χ2v) is 6.16. The summed E-state index contributed by atoms with van der Waals surface area (Å²) in [5.41, 5.74) is 1.62. The zero-order valence-corrected chi connectivity index (χ0v) is 13.5. The predicted octanol–water partition coefficient (Wildman–Crippen LogP) is 2.65. The molecule has 0 bridgehead atoms. The van der Waals surface area contributed by atoms with Crippen LogP contribution in [0.3, 0.4) is 0 Å². The van der Waals surface area contributed by atoms with Crippen molar-refractivity contribution >= 4 is 0 Å². The van der Waals surface area contributed by atoms with Crippen molar-refractivity contribution < 1.29 is 0 Å². The van der Waals surface area contributed by atoms with Gasteiger partial charge in [-0.3, -0.25) is 9.58 Å². The van der Waals surface area contributed by atoms with Gasteiger partial charge in [0.05, 0.1) is 6.20 Å². The van der Waals surface area contributed by atoms with Crippen molar-refractivity contribution in [3.63, 3.8) is 0 Å². The van der Waals surface area contributed by atoms with Gasteiger partial charge in [-0.15, -0.1) is 0 Å². The summed E-state index contributed by atoms with van der Waals surface area (Å²) in [6, 6.07) is 0.632. The summed E-state index contributed by atoms with van der Waals surface area (Å²) >= 11 is 0. The average Bonchev–Trinajstić information content (AvgIpc) is 2.86. The maximum absolute atomic E-state index is 4.40. The van der Waals surface area contributed by atoms with E-state index in [1.807, 2.05) is 10.9 Å². The minimum Gasteiger partial charge on any atom is -0.310 e. The lowest BCUT2D eigenvalue weighted by Crippen LogP contribution is -2.51. The van der Waals surface area contributed by atoms with Crippen molar-refractivity contribution in [1.29, 1.82) is 0 Å². The molecular weight excluding hydrogens is 248 g/mol. The summed E-state index contributed by atoms with van der Waals surface area (Å²) in [6.07, 6.45) is 7.82. The first kappa shape index (κ1) is 15.5. The van der Waals surface area contributed by atoms with Gasteiger partial charge in [-0.25, -0.2) is 0 Å². The Morgan fingerprint density at radius 3 is 2.70 bits per heavy atom. The van der Waals surface area contributed by atoms with E-state index >= 15 is 0 Å². The monoisotopic (exact) mass is 278 g/mol. The minimum atomic E-state index is 0.283. The SMILES string of the molecule is CCn1cc(CN2CC(CC)(CC)NCCC2C)cn1. The lowest BCUT2D eigenvalue weighted by atomic mass is 9.92. The highest BCUT2D eigenvalue weighted by molar-refractivity contribution is 5.05. The topological polar surface area (TPSA) is 33.1 Å². The van der Waals surface area contributed by atoms with Crippen LogP contribution in [0.5, 0.6) is 0 Å². The third-order valence-electron chi connectivity index (χ3n) is 4.94. The van der Waals surface area contributed by atoms with E-state index in [2.05, 4.69) is 49.2 Å². The fourth-order valence-corrected chi connectivity index (χ4v) is 3.16. The Hall–Kier alpha value is -0.870.